The summed E-state index contributed by atoms with van der Waals surface area (Å²) in [6, 6.07) is -5.63. The molecule has 0 spiro atoms. The van der Waals surface area contributed by atoms with Gasteiger partial charge in [-0.15, -0.1) is 0 Å². The van der Waals surface area contributed by atoms with Gasteiger partial charge in [0.05, 0.1) is 12.5 Å². The van der Waals surface area contributed by atoms with E-state index in [1.165, 1.54) is 0 Å². The maximum Gasteiger partial charge on any atom is 0.326 e. The van der Waals surface area contributed by atoms with Gasteiger partial charge in [-0.2, -0.15) is 0 Å². The molecule has 0 aliphatic heterocycles. The van der Waals surface area contributed by atoms with Crippen molar-refractivity contribution < 1.29 is 39.0 Å². The summed E-state index contributed by atoms with van der Waals surface area (Å²) in [7, 11) is 0. The number of guanidine groups is 2. The van der Waals surface area contributed by atoms with E-state index in [0.29, 0.717) is 6.42 Å². The Hall–Kier alpha value is -4.68. The summed E-state index contributed by atoms with van der Waals surface area (Å²) in [5, 5.41) is 25.2. The molecule has 19 heteroatoms. The standard InChI is InChI=1S/C21H39N11O8/c22-10(3-1-7-28-20(24)25)16(36)30-11(5-6-15(34)35)17(37)32-13(9-14(23)33)18(38)31-12(19(39)40)4-2-8-29-21(26)27/h10-13H,1-9,22H2,(H2,23,33)(H,30,36)(H,31,38)(H,32,37)(H,34,35)(H,39,40)(H4,24,25,28)(H4,26,27,29). The summed E-state index contributed by atoms with van der Waals surface area (Å²) in [6.45, 7) is 0.284. The van der Waals surface area contributed by atoms with Gasteiger partial charge in [0.1, 0.15) is 18.1 Å². The molecular weight excluding hydrogens is 534 g/mol. The summed E-state index contributed by atoms with van der Waals surface area (Å²) in [5.41, 5.74) is 31.9. The highest BCUT2D eigenvalue weighted by Gasteiger charge is 2.31. The number of aliphatic imine (C=N–C) groups is 2. The molecule has 0 aromatic rings. The Morgan fingerprint density at radius 1 is 0.650 bits per heavy atom. The molecule has 0 fully saturated rings. The van der Waals surface area contributed by atoms with Gasteiger partial charge in [-0.25, -0.2) is 4.79 Å². The number of nitrogens with two attached hydrogens (primary N) is 6. The second-order valence-electron chi connectivity index (χ2n) is 8.63. The second kappa shape index (κ2) is 18.6. The summed E-state index contributed by atoms with van der Waals surface area (Å²) >= 11 is 0. The molecule has 4 atom stereocenters. The highest BCUT2D eigenvalue weighted by molar-refractivity contribution is 5.96. The Kier molecular flexibility index (Phi) is 16.4. The van der Waals surface area contributed by atoms with Gasteiger partial charge in [-0.05, 0) is 32.1 Å². The van der Waals surface area contributed by atoms with E-state index in [1.54, 1.807) is 0 Å². The molecule has 0 aromatic heterocycles. The molecule has 0 saturated carbocycles. The first kappa shape index (κ1) is 35.3. The third-order valence-electron chi connectivity index (χ3n) is 5.18. The Labute approximate surface area is 229 Å². The summed E-state index contributed by atoms with van der Waals surface area (Å²) in [5.74, 6) is -6.89. The lowest BCUT2D eigenvalue weighted by Gasteiger charge is -2.24. The highest BCUT2D eigenvalue weighted by atomic mass is 16.4. The number of hydrogen-bond donors (Lipinski definition) is 11. The fourth-order valence-corrected chi connectivity index (χ4v) is 3.18. The summed E-state index contributed by atoms with van der Waals surface area (Å²) in [4.78, 5) is 79.9. The van der Waals surface area contributed by atoms with E-state index in [4.69, 9.17) is 39.5 Å². The van der Waals surface area contributed by atoms with E-state index in [9.17, 15) is 33.9 Å². The smallest absolute Gasteiger partial charge is 0.326 e. The third-order valence-corrected chi connectivity index (χ3v) is 5.18. The van der Waals surface area contributed by atoms with Crippen LogP contribution in [0, 0.1) is 0 Å². The SMILES string of the molecule is NC(=O)CC(NC(=O)C(CCC(=O)O)NC(=O)C(N)CCCN=C(N)N)C(=O)NC(CCCN=C(N)N)C(=O)O. The number of nitrogens with zero attached hydrogens (tertiary/aromatic N) is 2. The Morgan fingerprint density at radius 3 is 1.60 bits per heavy atom. The topological polar surface area (TPSA) is 360 Å². The number of amides is 4. The molecule has 0 heterocycles. The molecule has 0 rings (SSSR count). The number of primary amides is 1. The van der Waals surface area contributed by atoms with Gasteiger partial charge in [-0.3, -0.25) is 34.0 Å². The molecule has 0 saturated heterocycles. The maximum absolute atomic E-state index is 12.9. The minimum absolute atomic E-state index is 0.0881. The van der Waals surface area contributed by atoms with Gasteiger partial charge in [-0.1, -0.05) is 0 Å². The van der Waals surface area contributed by atoms with E-state index in [2.05, 4.69) is 25.9 Å². The number of hydrogen-bond acceptors (Lipinski definition) is 9. The van der Waals surface area contributed by atoms with Crippen molar-refractivity contribution in [2.75, 3.05) is 13.1 Å². The van der Waals surface area contributed by atoms with E-state index in [0.717, 1.165) is 0 Å². The lowest BCUT2D eigenvalue weighted by molar-refractivity contribution is -0.142. The van der Waals surface area contributed by atoms with Crippen molar-refractivity contribution in [2.24, 2.45) is 44.4 Å². The van der Waals surface area contributed by atoms with E-state index in [1.807, 2.05) is 0 Å². The molecule has 17 N–H and O–H groups in total. The number of nitrogens with one attached hydrogen (secondary N) is 3. The van der Waals surface area contributed by atoms with Gasteiger partial charge >= 0.3 is 11.9 Å². The van der Waals surface area contributed by atoms with Crippen LogP contribution in [0.2, 0.25) is 0 Å². The fourth-order valence-electron chi connectivity index (χ4n) is 3.18. The average molecular weight is 574 g/mol. The number of carboxylic acids is 2. The van der Waals surface area contributed by atoms with Crippen LogP contribution in [0.15, 0.2) is 9.98 Å². The zero-order chi connectivity index (χ0) is 30.8. The predicted octanol–water partition coefficient (Wildman–Crippen LogP) is -5.30. The van der Waals surface area contributed by atoms with Crippen LogP contribution in [0.3, 0.4) is 0 Å². The molecule has 0 aliphatic rings. The van der Waals surface area contributed by atoms with E-state index in [-0.39, 0.29) is 50.7 Å². The summed E-state index contributed by atoms with van der Waals surface area (Å²) in [6.07, 6.45) is -1.10. The van der Waals surface area contributed by atoms with Crippen molar-refractivity contribution in [3.63, 3.8) is 0 Å². The molecule has 226 valence electrons. The highest BCUT2D eigenvalue weighted by Crippen LogP contribution is 2.05. The number of carbonyl (C=O) groups excluding carboxylic acids is 4. The van der Waals surface area contributed by atoms with Crippen molar-refractivity contribution in [1.29, 1.82) is 0 Å². The fraction of sp³-hybridized carbons (Fsp3) is 0.619. The number of rotatable bonds is 20. The van der Waals surface area contributed by atoms with Crippen molar-refractivity contribution in [3.8, 4) is 0 Å². The normalized spacial score (nSPS) is 13.4. The second-order valence-corrected chi connectivity index (χ2v) is 8.63. The first-order valence-corrected chi connectivity index (χ1v) is 12.1. The van der Waals surface area contributed by atoms with E-state index >= 15 is 0 Å². The van der Waals surface area contributed by atoms with Crippen molar-refractivity contribution >= 4 is 47.5 Å². The minimum atomic E-state index is -1.64. The largest absolute Gasteiger partial charge is 0.481 e. The van der Waals surface area contributed by atoms with Crippen molar-refractivity contribution in [3.05, 3.63) is 0 Å². The van der Waals surface area contributed by atoms with Gasteiger partial charge in [0, 0.05) is 19.5 Å². The Bertz CT molecular complexity index is 964. The number of carbonyl (C=O) groups is 6. The molecule has 0 radical (unpaired) electrons. The first-order valence-electron chi connectivity index (χ1n) is 12.1. The minimum Gasteiger partial charge on any atom is -0.481 e. The van der Waals surface area contributed by atoms with Crippen molar-refractivity contribution in [1.82, 2.24) is 16.0 Å². The summed E-state index contributed by atoms with van der Waals surface area (Å²) < 4.78 is 0. The van der Waals surface area contributed by atoms with Crippen LogP contribution >= 0.6 is 0 Å². The Morgan fingerprint density at radius 2 is 1.12 bits per heavy atom. The average Bonchev–Trinajstić information content (AvgIpc) is 2.84. The van der Waals surface area contributed by atoms with Crippen LogP contribution in [-0.2, 0) is 28.8 Å². The lowest BCUT2D eigenvalue weighted by atomic mass is 10.1. The zero-order valence-electron chi connectivity index (χ0n) is 21.9. The van der Waals surface area contributed by atoms with Crippen LogP contribution in [0.4, 0.5) is 0 Å². The van der Waals surface area contributed by atoms with Crippen LogP contribution in [0.25, 0.3) is 0 Å². The van der Waals surface area contributed by atoms with Crippen molar-refractivity contribution in [2.45, 2.75) is 69.1 Å². The lowest BCUT2D eigenvalue weighted by Crippen LogP contribution is -2.57. The Balaban J connectivity index is 5.51. The molecule has 0 bridgehead atoms. The predicted molar refractivity (Wildman–Crippen MR) is 142 cm³/mol. The van der Waals surface area contributed by atoms with E-state index < -0.39 is 72.6 Å². The van der Waals surface area contributed by atoms with Gasteiger partial charge < -0.3 is 60.6 Å². The zero-order valence-corrected chi connectivity index (χ0v) is 21.9. The van der Waals surface area contributed by atoms with Crippen LogP contribution in [0.5, 0.6) is 0 Å². The quantitative estimate of drug-likeness (QED) is 0.0368. The molecule has 19 nitrogen and oxygen atoms in total. The molecule has 40 heavy (non-hydrogen) atoms. The molecule has 0 aliphatic carbocycles. The number of aliphatic carboxylic acids is 2. The molecule has 0 aromatic carbocycles. The third kappa shape index (κ3) is 16.2. The van der Waals surface area contributed by atoms with Gasteiger partial charge in [0.25, 0.3) is 0 Å². The maximum atomic E-state index is 12.9. The van der Waals surface area contributed by atoms with Gasteiger partial charge in [0.15, 0.2) is 11.9 Å². The first-order chi connectivity index (χ1) is 18.6. The van der Waals surface area contributed by atoms with Crippen LogP contribution in [-0.4, -0.2) is 95.0 Å². The molecular formula is C21H39N11O8. The monoisotopic (exact) mass is 573 g/mol. The molecule has 4 unspecified atom stereocenters. The van der Waals surface area contributed by atoms with Crippen LogP contribution < -0.4 is 50.4 Å². The van der Waals surface area contributed by atoms with Crippen LogP contribution in [0.1, 0.15) is 44.9 Å². The number of carboxylic acid groups (broad SMARTS) is 2. The molecule has 4 amide bonds. The van der Waals surface area contributed by atoms with Gasteiger partial charge in [0.2, 0.25) is 23.6 Å².